The average molecular weight is 201 g/mol. The van der Waals surface area contributed by atoms with Crippen molar-refractivity contribution in [2.45, 2.75) is 19.3 Å². The van der Waals surface area contributed by atoms with Crippen molar-refractivity contribution in [3.05, 3.63) is 39.7 Å². The van der Waals surface area contributed by atoms with Crippen LogP contribution in [-0.2, 0) is 6.42 Å². The minimum atomic E-state index is 0.994. The van der Waals surface area contributed by atoms with Crippen LogP contribution in [0.15, 0.2) is 34.3 Å². The van der Waals surface area contributed by atoms with Gasteiger partial charge in [0, 0.05) is 17.5 Å². The summed E-state index contributed by atoms with van der Waals surface area (Å²) in [5.74, 6) is 0. The molecule has 70 valence electrons. The van der Waals surface area contributed by atoms with Crippen molar-refractivity contribution in [2.75, 3.05) is 0 Å². The molecule has 0 unspecified atom stereocenters. The van der Waals surface area contributed by atoms with E-state index in [1.54, 1.807) is 0 Å². The Hall–Kier alpha value is -1.15. The van der Waals surface area contributed by atoms with E-state index >= 15 is 0 Å². The van der Waals surface area contributed by atoms with E-state index in [9.17, 15) is 0 Å². The van der Waals surface area contributed by atoms with E-state index in [0.717, 1.165) is 19.3 Å². The van der Waals surface area contributed by atoms with Crippen LogP contribution in [0.3, 0.4) is 0 Å². The Bertz CT molecular complexity index is 449. The van der Waals surface area contributed by atoms with Gasteiger partial charge in [0.15, 0.2) is 0 Å². The standard InChI is InChI=1S/C12H11NS/c1-2-4-11-9(3-1)10-6-8-14-12(10)5-7-13-11/h2,4,6-8H,1,3,5H2. The van der Waals surface area contributed by atoms with Crippen molar-refractivity contribution in [2.24, 2.45) is 4.99 Å². The summed E-state index contributed by atoms with van der Waals surface area (Å²) in [6.45, 7) is 0. The molecule has 0 saturated carbocycles. The number of aliphatic imine (C=N–C) groups is 1. The highest BCUT2D eigenvalue weighted by molar-refractivity contribution is 7.10. The summed E-state index contributed by atoms with van der Waals surface area (Å²) >= 11 is 1.84. The Morgan fingerprint density at radius 3 is 3.36 bits per heavy atom. The fourth-order valence-electron chi connectivity index (χ4n) is 2.04. The highest BCUT2D eigenvalue weighted by Gasteiger charge is 2.16. The SMILES string of the molecule is C1=CC2=C(CC1)c1ccsc1CC=N2. The van der Waals surface area contributed by atoms with Crippen molar-refractivity contribution in [1.82, 2.24) is 0 Å². The van der Waals surface area contributed by atoms with E-state index in [-0.39, 0.29) is 0 Å². The molecule has 14 heavy (non-hydrogen) atoms. The lowest BCUT2D eigenvalue weighted by molar-refractivity contribution is 1.03. The van der Waals surface area contributed by atoms with Gasteiger partial charge in [-0.25, -0.2) is 0 Å². The lowest BCUT2D eigenvalue weighted by Gasteiger charge is -2.11. The summed E-state index contributed by atoms with van der Waals surface area (Å²) in [6.07, 6.45) is 9.70. The second-order valence-corrected chi connectivity index (χ2v) is 4.58. The van der Waals surface area contributed by atoms with Gasteiger partial charge in [-0.15, -0.1) is 11.3 Å². The number of rotatable bonds is 0. The number of hydrogen-bond donors (Lipinski definition) is 0. The number of fused-ring (bicyclic) bond motifs is 2. The Morgan fingerprint density at radius 1 is 1.36 bits per heavy atom. The van der Waals surface area contributed by atoms with E-state index in [4.69, 9.17) is 0 Å². The smallest absolute Gasteiger partial charge is 0.0661 e. The molecule has 1 nitrogen and oxygen atoms in total. The molecule has 3 rings (SSSR count). The molecule has 1 aliphatic heterocycles. The van der Waals surface area contributed by atoms with Gasteiger partial charge in [-0.1, -0.05) is 6.08 Å². The summed E-state index contributed by atoms with van der Waals surface area (Å²) < 4.78 is 0. The van der Waals surface area contributed by atoms with Gasteiger partial charge >= 0.3 is 0 Å². The van der Waals surface area contributed by atoms with Crippen LogP contribution < -0.4 is 0 Å². The summed E-state index contributed by atoms with van der Waals surface area (Å²) in [5.41, 5.74) is 4.05. The van der Waals surface area contributed by atoms with Gasteiger partial charge in [0.2, 0.25) is 0 Å². The Kier molecular flexibility index (Phi) is 1.88. The first-order valence-corrected chi connectivity index (χ1v) is 5.82. The largest absolute Gasteiger partial charge is 0.261 e. The van der Waals surface area contributed by atoms with Crippen molar-refractivity contribution < 1.29 is 0 Å². The second-order valence-electron chi connectivity index (χ2n) is 3.58. The molecule has 2 heterocycles. The predicted octanol–water partition coefficient (Wildman–Crippen LogP) is 3.44. The molecule has 1 aromatic rings. The van der Waals surface area contributed by atoms with Crippen molar-refractivity contribution >= 4 is 23.1 Å². The van der Waals surface area contributed by atoms with Crippen LogP contribution in [-0.4, -0.2) is 6.21 Å². The lowest BCUT2D eigenvalue weighted by Crippen LogP contribution is -1.92. The highest BCUT2D eigenvalue weighted by atomic mass is 32.1. The van der Waals surface area contributed by atoms with Gasteiger partial charge in [0.05, 0.1) is 5.70 Å². The maximum absolute atomic E-state index is 4.51. The maximum Gasteiger partial charge on any atom is 0.0661 e. The zero-order valence-corrected chi connectivity index (χ0v) is 8.68. The zero-order chi connectivity index (χ0) is 9.38. The molecule has 1 aliphatic carbocycles. The Labute approximate surface area is 87.5 Å². The van der Waals surface area contributed by atoms with Gasteiger partial charge in [0.25, 0.3) is 0 Å². The van der Waals surface area contributed by atoms with Crippen molar-refractivity contribution in [1.29, 1.82) is 0 Å². The third kappa shape index (κ3) is 1.18. The van der Waals surface area contributed by atoms with Gasteiger partial charge in [-0.2, -0.15) is 0 Å². The van der Waals surface area contributed by atoms with Crippen LogP contribution in [0, 0.1) is 0 Å². The minimum absolute atomic E-state index is 0.994. The molecule has 0 bridgehead atoms. The topological polar surface area (TPSA) is 12.4 Å². The molecule has 0 aromatic carbocycles. The number of allylic oxidation sites excluding steroid dienone is 3. The number of thiophene rings is 1. The van der Waals surface area contributed by atoms with Gasteiger partial charge < -0.3 is 0 Å². The quantitative estimate of drug-likeness (QED) is 0.609. The molecule has 0 radical (unpaired) electrons. The van der Waals surface area contributed by atoms with Crippen LogP contribution in [0.25, 0.3) is 5.57 Å². The maximum atomic E-state index is 4.51. The van der Waals surface area contributed by atoms with E-state index < -0.39 is 0 Å². The van der Waals surface area contributed by atoms with E-state index in [0.29, 0.717) is 0 Å². The first-order chi connectivity index (χ1) is 6.95. The zero-order valence-electron chi connectivity index (χ0n) is 7.86. The monoisotopic (exact) mass is 201 g/mol. The van der Waals surface area contributed by atoms with Gasteiger partial charge in [0.1, 0.15) is 0 Å². The van der Waals surface area contributed by atoms with E-state index in [2.05, 4.69) is 28.6 Å². The fourth-order valence-corrected chi connectivity index (χ4v) is 2.90. The van der Waals surface area contributed by atoms with E-state index in [1.807, 2.05) is 17.6 Å². The summed E-state index contributed by atoms with van der Waals surface area (Å²) in [5, 5.41) is 2.19. The molecule has 0 amide bonds. The Balaban J connectivity index is 2.22. The molecule has 0 fully saturated rings. The van der Waals surface area contributed by atoms with Crippen molar-refractivity contribution in [3.63, 3.8) is 0 Å². The van der Waals surface area contributed by atoms with Crippen LogP contribution >= 0.6 is 11.3 Å². The number of nitrogens with zero attached hydrogens (tertiary/aromatic N) is 1. The molecule has 2 aliphatic rings. The summed E-state index contributed by atoms with van der Waals surface area (Å²) in [7, 11) is 0. The summed E-state index contributed by atoms with van der Waals surface area (Å²) in [6, 6.07) is 2.24. The third-order valence-electron chi connectivity index (χ3n) is 2.72. The molecule has 0 saturated heterocycles. The molecular weight excluding hydrogens is 190 g/mol. The van der Waals surface area contributed by atoms with Crippen LogP contribution in [0.5, 0.6) is 0 Å². The molecule has 0 atom stereocenters. The molecule has 0 N–H and O–H groups in total. The lowest BCUT2D eigenvalue weighted by atomic mass is 9.96. The minimum Gasteiger partial charge on any atom is -0.261 e. The highest BCUT2D eigenvalue weighted by Crippen LogP contribution is 2.35. The molecule has 0 spiro atoms. The Morgan fingerprint density at radius 2 is 2.36 bits per heavy atom. The first kappa shape index (κ1) is 8.18. The first-order valence-electron chi connectivity index (χ1n) is 4.94. The van der Waals surface area contributed by atoms with Gasteiger partial charge in [-0.05, 0) is 41.5 Å². The normalized spacial score (nSPS) is 19.1. The number of hydrogen-bond acceptors (Lipinski definition) is 2. The molecule has 2 heteroatoms. The fraction of sp³-hybridized carbons (Fsp3) is 0.250. The molecule has 1 aromatic heterocycles. The predicted molar refractivity (Wildman–Crippen MR) is 61.8 cm³/mol. The van der Waals surface area contributed by atoms with E-state index in [1.165, 1.54) is 21.7 Å². The van der Waals surface area contributed by atoms with Crippen molar-refractivity contribution in [3.8, 4) is 0 Å². The summed E-state index contributed by atoms with van der Waals surface area (Å²) in [4.78, 5) is 5.97. The van der Waals surface area contributed by atoms with Gasteiger partial charge in [-0.3, -0.25) is 4.99 Å². The molecular formula is C12H11NS. The van der Waals surface area contributed by atoms with Crippen LogP contribution in [0.2, 0.25) is 0 Å². The van der Waals surface area contributed by atoms with Crippen LogP contribution in [0.4, 0.5) is 0 Å². The second kappa shape index (κ2) is 3.21. The van der Waals surface area contributed by atoms with Crippen LogP contribution in [0.1, 0.15) is 23.3 Å². The average Bonchev–Trinajstić information content (AvgIpc) is 2.61. The third-order valence-corrected chi connectivity index (χ3v) is 3.67.